The van der Waals surface area contributed by atoms with Crippen LogP contribution in [0.5, 0.6) is 0 Å². The molecule has 8 atom stereocenters. The molecule has 5 heteroatoms. The molecule has 0 unspecified atom stereocenters. The minimum Gasteiger partial charge on any atom is -0.511 e. The number of nitrogens with zero attached hydrogens (tertiary/aromatic N) is 1. The Morgan fingerprint density at radius 1 is 0.973 bits per heavy atom. The van der Waals surface area contributed by atoms with Gasteiger partial charge in [0.25, 0.3) is 0 Å². The number of hydrogen-bond donors (Lipinski definition) is 1. The molecule has 0 bridgehead atoms. The van der Waals surface area contributed by atoms with E-state index in [-0.39, 0.29) is 57.1 Å². The van der Waals surface area contributed by atoms with E-state index >= 15 is 0 Å². The molecule has 5 aliphatic carbocycles. The van der Waals surface area contributed by atoms with Gasteiger partial charge in [-0.25, -0.2) is 0 Å². The number of methoxy groups -OCH3 is 1. The van der Waals surface area contributed by atoms with Gasteiger partial charge in [0, 0.05) is 17.8 Å². The van der Waals surface area contributed by atoms with Crippen molar-refractivity contribution in [2.24, 2.45) is 56.2 Å². The summed E-state index contributed by atoms with van der Waals surface area (Å²) in [6, 6.07) is 2.32. The number of rotatable bonds is 1. The highest BCUT2D eigenvalue weighted by molar-refractivity contribution is 5.86. The average Bonchev–Trinajstić information content (AvgIpc) is 2.82. The fraction of sp³-hybridized carbons (Fsp3) is 0.844. The quantitative estimate of drug-likeness (QED) is 0.379. The lowest BCUT2D eigenvalue weighted by Crippen LogP contribution is -2.69. The van der Waals surface area contributed by atoms with Crippen LogP contribution in [0.3, 0.4) is 0 Å². The standard InChI is InChI=1S/C32H47NO4/c1-27(2)11-13-32(26(36)37-8)14-12-31(7)24(20(32)17-27)21(34)15-23-29(5)16-19(18-33)25(35)28(3,4)22(29)9-10-30(23,31)6/h20,22-24,35H,9-17H2,1-8H3/t20-,22-,23+,24-,29-,30+,31+,32-/m0/s1. The maximum absolute atomic E-state index is 14.5. The van der Waals surface area contributed by atoms with Crippen LogP contribution in [0.25, 0.3) is 0 Å². The molecule has 4 saturated carbocycles. The number of Topliss-reactive ketones (excluding diaryl/α,β-unsaturated/α-hetero) is 1. The van der Waals surface area contributed by atoms with Gasteiger partial charge in [0.2, 0.25) is 0 Å². The van der Waals surface area contributed by atoms with Crippen molar-refractivity contribution in [2.75, 3.05) is 7.11 Å². The van der Waals surface area contributed by atoms with Crippen LogP contribution in [0, 0.1) is 67.5 Å². The molecular weight excluding hydrogens is 462 g/mol. The number of allylic oxidation sites excluding steroid dienone is 2. The van der Waals surface area contributed by atoms with Crippen molar-refractivity contribution in [1.29, 1.82) is 5.26 Å². The number of esters is 1. The van der Waals surface area contributed by atoms with Gasteiger partial charge in [0.05, 0.1) is 24.2 Å². The molecule has 37 heavy (non-hydrogen) atoms. The zero-order valence-electron chi connectivity index (χ0n) is 24.3. The SMILES string of the molecule is COC(=O)[C@]12CCC(C)(C)C[C@H]1[C@H]1C(=O)C[C@@H]3[C@@]4(C)CC(C#N)=C(O)C(C)(C)[C@@H]4CC[C@@]3(C)[C@]1(C)CC2. The number of ether oxygens (including phenoxy) is 1. The highest BCUT2D eigenvalue weighted by Crippen LogP contribution is 2.76. The Bertz CT molecular complexity index is 1110. The van der Waals surface area contributed by atoms with Crippen LogP contribution in [0.1, 0.15) is 106 Å². The number of carbonyl (C=O) groups is 2. The summed E-state index contributed by atoms with van der Waals surface area (Å²) in [6.45, 7) is 15.8. The predicted molar refractivity (Wildman–Crippen MR) is 142 cm³/mol. The fourth-order valence-electron chi connectivity index (χ4n) is 11.2. The summed E-state index contributed by atoms with van der Waals surface area (Å²) in [5, 5.41) is 21.0. The summed E-state index contributed by atoms with van der Waals surface area (Å²) >= 11 is 0. The number of nitriles is 1. The molecule has 0 heterocycles. The van der Waals surface area contributed by atoms with E-state index in [1.54, 1.807) is 0 Å². The fourth-order valence-corrected chi connectivity index (χ4v) is 11.2. The van der Waals surface area contributed by atoms with Gasteiger partial charge in [0.1, 0.15) is 11.5 Å². The summed E-state index contributed by atoms with van der Waals surface area (Å²) in [7, 11) is 1.50. The van der Waals surface area contributed by atoms with Crippen LogP contribution in [-0.2, 0) is 14.3 Å². The van der Waals surface area contributed by atoms with Crippen molar-refractivity contribution in [3.05, 3.63) is 11.3 Å². The number of carbonyl (C=O) groups excluding carboxylic acids is 2. The molecule has 0 aromatic rings. The first-order valence-corrected chi connectivity index (χ1v) is 14.5. The van der Waals surface area contributed by atoms with E-state index < -0.39 is 10.8 Å². The zero-order chi connectivity index (χ0) is 27.4. The molecule has 4 fully saturated rings. The van der Waals surface area contributed by atoms with E-state index in [0.717, 1.165) is 44.9 Å². The maximum Gasteiger partial charge on any atom is 0.312 e. The van der Waals surface area contributed by atoms with E-state index in [4.69, 9.17) is 4.74 Å². The number of aliphatic hydroxyl groups excluding tert-OH is 1. The summed E-state index contributed by atoms with van der Waals surface area (Å²) in [5.74, 6) is 0.686. The Kier molecular flexibility index (Phi) is 5.68. The molecule has 0 aromatic heterocycles. The van der Waals surface area contributed by atoms with Crippen LogP contribution in [0.2, 0.25) is 0 Å². The van der Waals surface area contributed by atoms with Crippen molar-refractivity contribution in [3.63, 3.8) is 0 Å². The third kappa shape index (κ3) is 3.20. The highest BCUT2D eigenvalue weighted by Gasteiger charge is 2.73. The number of fused-ring (bicyclic) bond motifs is 7. The molecule has 0 aromatic carbocycles. The zero-order valence-corrected chi connectivity index (χ0v) is 24.3. The van der Waals surface area contributed by atoms with E-state index in [2.05, 4.69) is 54.5 Å². The summed E-state index contributed by atoms with van der Waals surface area (Å²) in [5.41, 5.74) is -0.972. The Morgan fingerprint density at radius 3 is 2.24 bits per heavy atom. The Labute approximate surface area is 223 Å². The molecule has 204 valence electrons. The molecule has 0 spiro atoms. The molecular formula is C32H47NO4. The molecule has 5 rings (SSSR count). The van der Waals surface area contributed by atoms with Gasteiger partial charge >= 0.3 is 5.97 Å². The van der Waals surface area contributed by atoms with Crippen molar-refractivity contribution in [2.45, 2.75) is 106 Å². The van der Waals surface area contributed by atoms with Crippen LogP contribution in [0.4, 0.5) is 0 Å². The Morgan fingerprint density at radius 2 is 1.62 bits per heavy atom. The second-order valence-corrected chi connectivity index (χ2v) is 15.6. The van der Waals surface area contributed by atoms with Gasteiger partial charge in [-0.15, -0.1) is 0 Å². The Hall–Kier alpha value is -1.83. The molecule has 1 N–H and O–H groups in total. The number of aliphatic hydroxyl groups is 1. The first-order chi connectivity index (χ1) is 17.0. The highest BCUT2D eigenvalue weighted by atomic mass is 16.5. The molecule has 0 saturated heterocycles. The molecule has 5 nitrogen and oxygen atoms in total. The first kappa shape index (κ1) is 26.8. The number of ketones is 1. The van der Waals surface area contributed by atoms with Crippen LogP contribution >= 0.6 is 0 Å². The second-order valence-electron chi connectivity index (χ2n) is 15.6. The maximum atomic E-state index is 14.5. The van der Waals surface area contributed by atoms with E-state index in [9.17, 15) is 20.0 Å². The predicted octanol–water partition coefficient (Wildman–Crippen LogP) is 7.17. The molecule has 0 amide bonds. The van der Waals surface area contributed by atoms with Gasteiger partial charge in [-0.1, -0.05) is 48.5 Å². The number of hydrogen-bond acceptors (Lipinski definition) is 5. The van der Waals surface area contributed by atoms with Gasteiger partial charge in [0.15, 0.2) is 0 Å². The molecule has 0 radical (unpaired) electrons. The smallest absolute Gasteiger partial charge is 0.312 e. The summed E-state index contributed by atoms with van der Waals surface area (Å²) in [6.07, 6.45) is 7.37. The van der Waals surface area contributed by atoms with Gasteiger partial charge in [-0.05, 0) is 90.8 Å². The van der Waals surface area contributed by atoms with E-state index in [0.29, 0.717) is 24.2 Å². The van der Waals surface area contributed by atoms with Crippen molar-refractivity contribution >= 4 is 11.8 Å². The minimum absolute atomic E-state index is 0.0136. The lowest BCUT2D eigenvalue weighted by atomic mass is 9.31. The third-order valence-electron chi connectivity index (χ3n) is 13.3. The summed E-state index contributed by atoms with van der Waals surface area (Å²) < 4.78 is 5.43. The van der Waals surface area contributed by atoms with Crippen LogP contribution < -0.4 is 0 Å². The molecule has 0 aliphatic heterocycles. The van der Waals surface area contributed by atoms with Crippen LogP contribution in [-0.4, -0.2) is 24.0 Å². The second kappa shape index (κ2) is 7.86. The Balaban J connectivity index is 1.62. The lowest BCUT2D eigenvalue weighted by molar-refractivity contribution is -0.233. The van der Waals surface area contributed by atoms with Crippen LogP contribution in [0.15, 0.2) is 11.3 Å². The van der Waals surface area contributed by atoms with Gasteiger partial charge in [-0.3, -0.25) is 9.59 Å². The third-order valence-corrected chi connectivity index (χ3v) is 13.3. The van der Waals surface area contributed by atoms with Crippen molar-refractivity contribution < 1.29 is 19.4 Å². The molecule has 5 aliphatic rings. The topological polar surface area (TPSA) is 87.4 Å². The lowest BCUT2D eigenvalue weighted by Gasteiger charge is -2.72. The van der Waals surface area contributed by atoms with Gasteiger partial charge in [-0.2, -0.15) is 5.26 Å². The largest absolute Gasteiger partial charge is 0.511 e. The van der Waals surface area contributed by atoms with Crippen molar-refractivity contribution in [3.8, 4) is 6.07 Å². The summed E-state index contributed by atoms with van der Waals surface area (Å²) in [4.78, 5) is 27.9. The average molecular weight is 510 g/mol. The van der Waals surface area contributed by atoms with Gasteiger partial charge < -0.3 is 9.84 Å². The van der Waals surface area contributed by atoms with Crippen molar-refractivity contribution in [1.82, 2.24) is 0 Å². The normalized spacial score (nSPS) is 48.0. The van der Waals surface area contributed by atoms with E-state index in [1.165, 1.54) is 7.11 Å². The monoisotopic (exact) mass is 509 g/mol. The van der Waals surface area contributed by atoms with E-state index in [1.807, 2.05) is 0 Å². The minimum atomic E-state index is -0.552. The first-order valence-electron chi connectivity index (χ1n) is 14.5.